The van der Waals surface area contributed by atoms with Crippen LogP contribution in [0.25, 0.3) is 0 Å². The van der Waals surface area contributed by atoms with Crippen LogP contribution in [-0.2, 0) is 14.3 Å². The summed E-state index contributed by atoms with van der Waals surface area (Å²) in [5.74, 6) is 0. The zero-order valence-corrected chi connectivity index (χ0v) is 7.69. The van der Waals surface area contributed by atoms with Crippen molar-refractivity contribution in [3.05, 3.63) is 6.92 Å². The van der Waals surface area contributed by atoms with Crippen molar-refractivity contribution in [2.24, 2.45) is 0 Å². The first-order valence-corrected chi connectivity index (χ1v) is 5.51. The third-order valence-electron chi connectivity index (χ3n) is 1.19. The summed E-state index contributed by atoms with van der Waals surface area (Å²) in [5, 5.41) is 0. The third kappa shape index (κ3) is 9.91. The van der Waals surface area contributed by atoms with E-state index in [1.54, 1.807) is 0 Å². The fraction of sp³-hybridized carbons (Fsp3) is 0.857. The number of hydrogen-bond acceptors (Lipinski definition) is 3. The van der Waals surface area contributed by atoms with Gasteiger partial charge in [-0.2, -0.15) is 8.42 Å². The van der Waals surface area contributed by atoms with Gasteiger partial charge in [-0.3, -0.25) is 4.18 Å². The van der Waals surface area contributed by atoms with Crippen molar-refractivity contribution < 1.29 is 12.6 Å². The van der Waals surface area contributed by atoms with Gasteiger partial charge in [-0.1, -0.05) is 26.2 Å². The zero-order chi connectivity index (χ0) is 8.74. The van der Waals surface area contributed by atoms with Crippen molar-refractivity contribution in [3.63, 3.8) is 0 Å². The van der Waals surface area contributed by atoms with Gasteiger partial charge in [-0.15, -0.1) is 0 Å². The lowest BCUT2D eigenvalue weighted by Crippen LogP contribution is -2.03. The molecule has 0 atom stereocenters. The molecule has 0 unspecified atom stereocenters. The van der Waals surface area contributed by atoms with E-state index in [0.717, 1.165) is 31.9 Å². The average molecular weight is 179 g/mol. The Morgan fingerprint density at radius 2 is 1.91 bits per heavy atom. The Kier molecular flexibility index (Phi) is 5.50. The molecule has 0 saturated carbocycles. The monoisotopic (exact) mass is 179 g/mol. The first-order chi connectivity index (χ1) is 5.06. The van der Waals surface area contributed by atoms with Gasteiger partial charge in [0, 0.05) is 0 Å². The zero-order valence-electron chi connectivity index (χ0n) is 6.88. The van der Waals surface area contributed by atoms with Crippen LogP contribution in [0, 0.1) is 6.92 Å². The summed E-state index contributed by atoms with van der Waals surface area (Å²) in [6.45, 7) is 3.98. The van der Waals surface area contributed by atoms with E-state index < -0.39 is 10.1 Å². The average Bonchev–Trinajstić information content (AvgIpc) is 1.85. The summed E-state index contributed by atoms with van der Waals surface area (Å²) < 4.78 is 25.4. The fourth-order valence-corrected chi connectivity index (χ4v) is 1.09. The maximum Gasteiger partial charge on any atom is 0.264 e. The van der Waals surface area contributed by atoms with E-state index in [4.69, 9.17) is 0 Å². The molecule has 0 spiro atoms. The first kappa shape index (κ1) is 10.9. The van der Waals surface area contributed by atoms with Crippen LogP contribution in [0.2, 0.25) is 0 Å². The van der Waals surface area contributed by atoms with E-state index in [-0.39, 0.29) is 0 Å². The highest BCUT2D eigenvalue weighted by atomic mass is 32.2. The van der Waals surface area contributed by atoms with Gasteiger partial charge in [0.15, 0.2) is 0 Å². The molecule has 0 N–H and O–H groups in total. The molecule has 0 aromatic carbocycles. The normalized spacial score (nSPS) is 11.8. The lowest BCUT2D eigenvalue weighted by molar-refractivity contribution is 0.310. The van der Waals surface area contributed by atoms with Crippen molar-refractivity contribution >= 4 is 10.1 Å². The van der Waals surface area contributed by atoms with E-state index in [2.05, 4.69) is 11.1 Å². The maximum atomic E-state index is 10.4. The molecule has 3 nitrogen and oxygen atoms in total. The molecule has 11 heavy (non-hydrogen) atoms. The standard InChI is InChI=1S/C7H15O3S/c1-3-4-5-6-7-10-11(2,8)9/h1,3-7H2,2H3. The molecule has 0 aromatic heterocycles. The van der Waals surface area contributed by atoms with Crippen LogP contribution >= 0.6 is 0 Å². The molecule has 0 aliphatic rings. The van der Waals surface area contributed by atoms with Crippen LogP contribution in [0.3, 0.4) is 0 Å². The quantitative estimate of drug-likeness (QED) is 0.456. The molecule has 0 bridgehead atoms. The molecule has 0 saturated heterocycles. The Labute approximate surface area is 68.9 Å². The minimum Gasteiger partial charge on any atom is -0.270 e. The SMILES string of the molecule is [CH2]CCCCCOS(C)(=O)=O. The Hall–Kier alpha value is -0.0900. The molecule has 4 heteroatoms. The minimum atomic E-state index is -3.23. The minimum absolute atomic E-state index is 0.304. The van der Waals surface area contributed by atoms with Crippen molar-refractivity contribution in [2.45, 2.75) is 25.7 Å². The summed E-state index contributed by atoms with van der Waals surface area (Å²) in [5.41, 5.74) is 0. The smallest absolute Gasteiger partial charge is 0.264 e. The summed E-state index contributed by atoms with van der Waals surface area (Å²) in [4.78, 5) is 0. The van der Waals surface area contributed by atoms with Gasteiger partial charge in [0.05, 0.1) is 12.9 Å². The number of rotatable bonds is 6. The van der Waals surface area contributed by atoms with Gasteiger partial charge >= 0.3 is 0 Å². The summed E-state index contributed by atoms with van der Waals surface area (Å²) in [6, 6.07) is 0. The Morgan fingerprint density at radius 3 is 2.36 bits per heavy atom. The molecule has 0 fully saturated rings. The molecule has 0 aromatic rings. The highest BCUT2D eigenvalue weighted by Gasteiger charge is 1.99. The van der Waals surface area contributed by atoms with Crippen LogP contribution in [0.1, 0.15) is 25.7 Å². The fourth-order valence-electron chi connectivity index (χ4n) is 0.666. The number of unbranched alkanes of at least 4 members (excludes halogenated alkanes) is 3. The molecular formula is C7H15O3S. The van der Waals surface area contributed by atoms with Crippen LogP contribution in [0.4, 0.5) is 0 Å². The van der Waals surface area contributed by atoms with Crippen molar-refractivity contribution in [2.75, 3.05) is 12.9 Å². The highest BCUT2D eigenvalue weighted by Crippen LogP contribution is 1.99. The largest absolute Gasteiger partial charge is 0.270 e. The molecular weight excluding hydrogens is 164 g/mol. The predicted octanol–water partition coefficient (Wildman–Crippen LogP) is 1.36. The van der Waals surface area contributed by atoms with E-state index in [0.29, 0.717) is 6.61 Å². The summed E-state index contributed by atoms with van der Waals surface area (Å²) in [6.07, 6.45) is 4.78. The van der Waals surface area contributed by atoms with Gasteiger partial charge in [0.2, 0.25) is 0 Å². The first-order valence-electron chi connectivity index (χ1n) is 3.70. The molecule has 1 radical (unpaired) electrons. The lowest BCUT2D eigenvalue weighted by atomic mass is 10.2. The second-order valence-corrected chi connectivity index (χ2v) is 4.08. The van der Waals surface area contributed by atoms with Gasteiger partial charge in [0.25, 0.3) is 10.1 Å². The van der Waals surface area contributed by atoms with E-state index in [9.17, 15) is 8.42 Å². The maximum absolute atomic E-state index is 10.4. The van der Waals surface area contributed by atoms with E-state index in [1.807, 2.05) is 0 Å². The highest BCUT2D eigenvalue weighted by molar-refractivity contribution is 7.85. The van der Waals surface area contributed by atoms with E-state index in [1.165, 1.54) is 0 Å². The summed E-state index contributed by atoms with van der Waals surface area (Å²) >= 11 is 0. The van der Waals surface area contributed by atoms with Crippen molar-refractivity contribution in [1.29, 1.82) is 0 Å². The van der Waals surface area contributed by atoms with Crippen molar-refractivity contribution in [1.82, 2.24) is 0 Å². The number of hydrogen-bond donors (Lipinski definition) is 0. The second-order valence-electron chi connectivity index (χ2n) is 2.44. The van der Waals surface area contributed by atoms with Crippen LogP contribution < -0.4 is 0 Å². The Bertz CT molecular complexity index is 172. The van der Waals surface area contributed by atoms with Crippen LogP contribution in [0.5, 0.6) is 0 Å². The van der Waals surface area contributed by atoms with Gasteiger partial charge < -0.3 is 0 Å². The molecule has 67 valence electrons. The second kappa shape index (κ2) is 5.55. The topological polar surface area (TPSA) is 43.4 Å². The molecule has 0 aliphatic carbocycles. The van der Waals surface area contributed by atoms with E-state index >= 15 is 0 Å². The molecule has 0 aliphatic heterocycles. The van der Waals surface area contributed by atoms with Crippen LogP contribution in [-0.4, -0.2) is 21.3 Å². The van der Waals surface area contributed by atoms with Gasteiger partial charge in [0.1, 0.15) is 0 Å². The van der Waals surface area contributed by atoms with Gasteiger partial charge in [-0.05, 0) is 6.42 Å². The lowest BCUT2D eigenvalue weighted by Gasteiger charge is -1.99. The Morgan fingerprint density at radius 1 is 1.27 bits per heavy atom. The van der Waals surface area contributed by atoms with Crippen molar-refractivity contribution in [3.8, 4) is 0 Å². The third-order valence-corrected chi connectivity index (χ3v) is 1.79. The molecule has 0 amide bonds. The molecule has 0 heterocycles. The van der Waals surface area contributed by atoms with Gasteiger partial charge in [-0.25, -0.2) is 0 Å². The Balaban J connectivity index is 3.16. The molecule has 0 rings (SSSR count). The predicted molar refractivity (Wildman–Crippen MR) is 44.6 cm³/mol. The summed E-state index contributed by atoms with van der Waals surface area (Å²) in [7, 11) is -3.23. The van der Waals surface area contributed by atoms with Crippen LogP contribution in [0.15, 0.2) is 0 Å².